The van der Waals surface area contributed by atoms with Crippen LogP contribution in [0.5, 0.6) is 0 Å². The van der Waals surface area contributed by atoms with E-state index in [1.165, 1.54) is 0 Å². The average Bonchev–Trinajstić information content (AvgIpc) is 2.97. The highest BCUT2D eigenvalue weighted by atomic mass is 35.5. The van der Waals surface area contributed by atoms with E-state index >= 15 is 0 Å². The topological polar surface area (TPSA) is 56.0 Å². The summed E-state index contributed by atoms with van der Waals surface area (Å²) >= 11 is 5.87. The largest absolute Gasteiger partial charge is 0.344 e. The third kappa shape index (κ3) is 2.90. The predicted octanol–water partition coefficient (Wildman–Crippen LogP) is 1.59. The van der Waals surface area contributed by atoms with Crippen molar-refractivity contribution in [1.29, 1.82) is 0 Å². The molecular weight excluding hydrogens is 290 g/mol. The summed E-state index contributed by atoms with van der Waals surface area (Å²) in [7, 11) is 3.69. The standard InChI is InChI=1S/C14H22ClN5O/c1-5-10-13-14(19(4)17-10)20(11(16-13)7-8-15)9-12(21)18(3)6-2/h5-9H2,1-4H3. The Hall–Kier alpha value is -1.56. The number of fused-ring (bicyclic) bond motifs is 1. The first-order chi connectivity index (χ1) is 10.0. The number of hydrogen-bond donors (Lipinski definition) is 0. The lowest BCUT2D eigenvalue weighted by molar-refractivity contribution is -0.130. The molecule has 0 saturated carbocycles. The lowest BCUT2D eigenvalue weighted by atomic mass is 10.3. The molecule has 2 aromatic rings. The number of hydrogen-bond acceptors (Lipinski definition) is 3. The molecule has 0 spiro atoms. The van der Waals surface area contributed by atoms with Crippen molar-refractivity contribution < 1.29 is 4.79 Å². The van der Waals surface area contributed by atoms with E-state index in [1.807, 2.05) is 18.5 Å². The number of aryl methyl sites for hydroxylation is 3. The van der Waals surface area contributed by atoms with Gasteiger partial charge in [-0.2, -0.15) is 5.10 Å². The molecule has 7 heteroatoms. The van der Waals surface area contributed by atoms with Crippen LogP contribution in [-0.4, -0.2) is 49.6 Å². The minimum atomic E-state index is 0.0619. The molecule has 0 aliphatic carbocycles. The molecule has 0 atom stereocenters. The van der Waals surface area contributed by atoms with E-state index in [-0.39, 0.29) is 12.5 Å². The number of rotatable bonds is 6. The maximum atomic E-state index is 12.2. The van der Waals surface area contributed by atoms with Gasteiger partial charge >= 0.3 is 0 Å². The van der Waals surface area contributed by atoms with Crippen molar-refractivity contribution in [2.75, 3.05) is 19.5 Å². The van der Waals surface area contributed by atoms with Gasteiger partial charge in [0.1, 0.15) is 17.9 Å². The Morgan fingerprint density at radius 2 is 2.10 bits per heavy atom. The van der Waals surface area contributed by atoms with Gasteiger partial charge < -0.3 is 9.47 Å². The molecule has 0 aliphatic heterocycles. The SMILES string of the molecule is CCc1nn(C)c2c1nc(CCCl)n2CC(=O)N(C)CC. The number of aromatic nitrogens is 4. The summed E-state index contributed by atoms with van der Waals surface area (Å²) in [4.78, 5) is 18.6. The van der Waals surface area contributed by atoms with Crippen LogP contribution in [0.15, 0.2) is 0 Å². The fourth-order valence-corrected chi connectivity index (χ4v) is 2.57. The zero-order valence-electron chi connectivity index (χ0n) is 13.1. The van der Waals surface area contributed by atoms with Gasteiger partial charge in [0.15, 0.2) is 5.65 Å². The molecule has 6 nitrogen and oxygen atoms in total. The molecule has 21 heavy (non-hydrogen) atoms. The molecule has 2 rings (SSSR count). The van der Waals surface area contributed by atoms with Crippen molar-refractivity contribution in [3.63, 3.8) is 0 Å². The highest BCUT2D eigenvalue weighted by molar-refractivity contribution is 6.17. The van der Waals surface area contributed by atoms with Crippen molar-refractivity contribution in [3.8, 4) is 0 Å². The number of amides is 1. The van der Waals surface area contributed by atoms with Crippen LogP contribution in [0.25, 0.3) is 11.2 Å². The van der Waals surface area contributed by atoms with Crippen LogP contribution in [-0.2, 0) is 31.2 Å². The van der Waals surface area contributed by atoms with Crippen molar-refractivity contribution >= 4 is 28.7 Å². The van der Waals surface area contributed by atoms with Gasteiger partial charge in [0.25, 0.3) is 0 Å². The Morgan fingerprint density at radius 1 is 1.38 bits per heavy atom. The maximum absolute atomic E-state index is 12.2. The monoisotopic (exact) mass is 311 g/mol. The lowest BCUT2D eigenvalue weighted by Crippen LogP contribution is -2.30. The van der Waals surface area contributed by atoms with Crippen LogP contribution >= 0.6 is 11.6 Å². The van der Waals surface area contributed by atoms with Gasteiger partial charge in [0.05, 0.1) is 5.69 Å². The summed E-state index contributed by atoms with van der Waals surface area (Å²) in [5, 5.41) is 4.48. The minimum Gasteiger partial charge on any atom is -0.344 e. The van der Waals surface area contributed by atoms with E-state index in [9.17, 15) is 4.79 Å². The van der Waals surface area contributed by atoms with Gasteiger partial charge in [-0.25, -0.2) is 4.98 Å². The molecule has 0 fully saturated rings. The molecule has 0 N–H and O–H groups in total. The first-order valence-electron chi connectivity index (χ1n) is 7.24. The molecule has 0 saturated heterocycles. The summed E-state index contributed by atoms with van der Waals surface area (Å²) in [6.45, 7) is 4.97. The fourth-order valence-electron chi connectivity index (χ4n) is 2.40. The highest BCUT2D eigenvalue weighted by Crippen LogP contribution is 2.21. The molecule has 0 unspecified atom stereocenters. The second-order valence-electron chi connectivity index (χ2n) is 5.06. The van der Waals surface area contributed by atoms with Gasteiger partial charge in [-0.05, 0) is 13.3 Å². The van der Waals surface area contributed by atoms with E-state index in [0.29, 0.717) is 18.8 Å². The number of carbonyl (C=O) groups is 1. The smallest absolute Gasteiger partial charge is 0.242 e. The Morgan fingerprint density at radius 3 is 2.67 bits per heavy atom. The minimum absolute atomic E-state index is 0.0619. The number of alkyl halides is 1. The van der Waals surface area contributed by atoms with Crippen LogP contribution in [0.2, 0.25) is 0 Å². The van der Waals surface area contributed by atoms with Crippen LogP contribution < -0.4 is 0 Å². The average molecular weight is 312 g/mol. The summed E-state index contributed by atoms with van der Waals surface area (Å²) < 4.78 is 3.75. The first kappa shape index (κ1) is 15.8. The summed E-state index contributed by atoms with van der Waals surface area (Å²) in [6.07, 6.45) is 1.46. The van der Waals surface area contributed by atoms with E-state index in [0.717, 1.165) is 29.1 Å². The van der Waals surface area contributed by atoms with Crippen LogP contribution in [0.4, 0.5) is 0 Å². The molecular formula is C14H22ClN5O. The number of carbonyl (C=O) groups excluding carboxylic acids is 1. The lowest BCUT2D eigenvalue weighted by Gasteiger charge is -2.16. The summed E-state index contributed by atoms with van der Waals surface area (Å²) in [5.41, 5.74) is 2.73. The molecule has 0 aromatic carbocycles. The number of imidazole rings is 1. The van der Waals surface area contributed by atoms with Gasteiger partial charge in [0, 0.05) is 32.9 Å². The van der Waals surface area contributed by atoms with Gasteiger partial charge in [-0.15, -0.1) is 11.6 Å². The van der Waals surface area contributed by atoms with Crippen LogP contribution in [0.3, 0.4) is 0 Å². The molecule has 0 radical (unpaired) electrons. The number of halogens is 1. The molecule has 1 amide bonds. The van der Waals surface area contributed by atoms with Crippen molar-refractivity contribution in [2.45, 2.75) is 33.2 Å². The van der Waals surface area contributed by atoms with Gasteiger partial charge in [-0.1, -0.05) is 6.92 Å². The van der Waals surface area contributed by atoms with Crippen molar-refractivity contribution in [3.05, 3.63) is 11.5 Å². The van der Waals surface area contributed by atoms with Crippen molar-refractivity contribution in [1.82, 2.24) is 24.2 Å². The quantitative estimate of drug-likeness (QED) is 0.761. The molecule has 0 aliphatic rings. The summed E-state index contributed by atoms with van der Waals surface area (Å²) in [5.74, 6) is 1.39. The van der Waals surface area contributed by atoms with Crippen LogP contribution in [0, 0.1) is 0 Å². The number of nitrogens with zero attached hydrogens (tertiary/aromatic N) is 5. The Bertz CT molecular complexity index is 645. The highest BCUT2D eigenvalue weighted by Gasteiger charge is 2.20. The van der Waals surface area contributed by atoms with E-state index < -0.39 is 0 Å². The third-order valence-electron chi connectivity index (χ3n) is 3.72. The van der Waals surface area contributed by atoms with Crippen LogP contribution in [0.1, 0.15) is 25.4 Å². The normalized spacial score (nSPS) is 11.3. The number of likely N-dealkylation sites (N-methyl/N-ethyl adjacent to an activating group) is 1. The Kier molecular flexibility index (Phi) is 4.88. The van der Waals surface area contributed by atoms with E-state index in [4.69, 9.17) is 11.6 Å². The zero-order valence-corrected chi connectivity index (χ0v) is 13.8. The maximum Gasteiger partial charge on any atom is 0.242 e. The zero-order chi connectivity index (χ0) is 15.6. The predicted molar refractivity (Wildman–Crippen MR) is 83.6 cm³/mol. The molecule has 2 heterocycles. The van der Waals surface area contributed by atoms with Gasteiger partial charge in [-0.3, -0.25) is 9.48 Å². The molecule has 2 aromatic heterocycles. The van der Waals surface area contributed by atoms with E-state index in [1.54, 1.807) is 16.6 Å². The molecule has 116 valence electrons. The Balaban J connectivity index is 2.50. The Labute approximate surface area is 129 Å². The second kappa shape index (κ2) is 6.47. The van der Waals surface area contributed by atoms with E-state index in [2.05, 4.69) is 17.0 Å². The molecule has 0 bridgehead atoms. The fraction of sp³-hybridized carbons (Fsp3) is 0.643. The third-order valence-corrected chi connectivity index (χ3v) is 3.91. The summed E-state index contributed by atoms with van der Waals surface area (Å²) in [6, 6.07) is 0. The van der Waals surface area contributed by atoms with Gasteiger partial charge in [0.2, 0.25) is 5.91 Å². The first-order valence-corrected chi connectivity index (χ1v) is 7.77. The van der Waals surface area contributed by atoms with Crippen molar-refractivity contribution in [2.24, 2.45) is 7.05 Å². The second-order valence-corrected chi connectivity index (χ2v) is 5.44.